The zero-order valence-electron chi connectivity index (χ0n) is 8.37. The molecule has 0 heterocycles. The fraction of sp³-hybridized carbons (Fsp3) is 0.0769. The highest BCUT2D eigenvalue weighted by Gasteiger charge is 2.04. The first-order valence-corrected chi connectivity index (χ1v) is 5.11. The number of rotatable bonds is 1. The van der Waals surface area contributed by atoms with Gasteiger partial charge in [-0.15, -0.1) is 0 Å². The van der Waals surface area contributed by atoms with Crippen molar-refractivity contribution in [2.75, 3.05) is 0 Å². The number of aromatic hydroxyl groups is 1. The van der Waals surface area contributed by atoms with Crippen LogP contribution in [0.25, 0.3) is 11.1 Å². The summed E-state index contributed by atoms with van der Waals surface area (Å²) in [6.07, 6.45) is 0. The largest absolute Gasteiger partial charge is 0.508 e. The molecule has 0 aliphatic carbocycles. The highest BCUT2D eigenvalue weighted by Crippen LogP contribution is 2.29. The van der Waals surface area contributed by atoms with Crippen molar-refractivity contribution in [1.29, 1.82) is 0 Å². The van der Waals surface area contributed by atoms with Gasteiger partial charge in [0, 0.05) is 5.02 Å². The lowest BCUT2D eigenvalue weighted by atomic mass is 10.0. The third kappa shape index (κ3) is 1.97. The molecule has 2 aromatic rings. The smallest absolute Gasteiger partial charge is 0.116 e. The average molecular weight is 219 g/mol. The van der Waals surface area contributed by atoms with Crippen LogP contribution < -0.4 is 0 Å². The first kappa shape index (κ1) is 10.1. The van der Waals surface area contributed by atoms with E-state index in [1.165, 1.54) is 0 Å². The van der Waals surface area contributed by atoms with Crippen LogP contribution in [0.2, 0.25) is 5.02 Å². The van der Waals surface area contributed by atoms with Crippen LogP contribution in [0.1, 0.15) is 5.56 Å². The molecule has 1 N–H and O–H groups in total. The minimum absolute atomic E-state index is 0.270. The van der Waals surface area contributed by atoms with Gasteiger partial charge < -0.3 is 5.11 Å². The van der Waals surface area contributed by atoms with Crippen LogP contribution in [-0.2, 0) is 0 Å². The number of phenols is 1. The first-order valence-electron chi connectivity index (χ1n) is 4.73. The molecule has 0 saturated carbocycles. The van der Waals surface area contributed by atoms with Gasteiger partial charge in [-0.3, -0.25) is 0 Å². The van der Waals surface area contributed by atoms with Gasteiger partial charge in [0.2, 0.25) is 0 Å². The monoisotopic (exact) mass is 218 g/mol. The molecule has 0 unspecified atom stereocenters. The van der Waals surface area contributed by atoms with Crippen molar-refractivity contribution in [3.8, 4) is 16.9 Å². The van der Waals surface area contributed by atoms with Crippen LogP contribution in [0.15, 0.2) is 42.5 Å². The Labute approximate surface area is 94.0 Å². The Morgan fingerprint density at radius 1 is 1.07 bits per heavy atom. The summed E-state index contributed by atoms with van der Waals surface area (Å²) in [6.45, 7) is 1.97. The van der Waals surface area contributed by atoms with Gasteiger partial charge in [-0.2, -0.15) is 0 Å². The lowest BCUT2D eigenvalue weighted by molar-refractivity contribution is 0.475. The van der Waals surface area contributed by atoms with Gasteiger partial charge in [0.1, 0.15) is 5.75 Å². The summed E-state index contributed by atoms with van der Waals surface area (Å²) in [5.41, 5.74) is 3.07. The molecule has 0 aromatic heterocycles. The average Bonchev–Trinajstić information content (AvgIpc) is 2.22. The number of halogens is 1. The standard InChI is InChI=1S/C13H11ClO/c1-9-12(6-3-7-13(9)14)10-4-2-5-11(15)8-10/h2-8,15H,1H3. The third-order valence-corrected chi connectivity index (χ3v) is 2.83. The lowest BCUT2D eigenvalue weighted by Crippen LogP contribution is -1.83. The third-order valence-electron chi connectivity index (χ3n) is 2.42. The SMILES string of the molecule is Cc1c(Cl)cccc1-c1cccc(O)c1. The Bertz CT molecular complexity index is 492. The fourth-order valence-corrected chi connectivity index (χ4v) is 1.77. The van der Waals surface area contributed by atoms with Gasteiger partial charge in [-0.05, 0) is 41.8 Å². The van der Waals surface area contributed by atoms with Gasteiger partial charge in [0.05, 0.1) is 0 Å². The highest BCUT2D eigenvalue weighted by atomic mass is 35.5. The normalized spacial score (nSPS) is 10.3. The van der Waals surface area contributed by atoms with Crippen molar-refractivity contribution in [3.05, 3.63) is 53.1 Å². The Morgan fingerprint density at radius 3 is 2.53 bits per heavy atom. The molecular weight excluding hydrogens is 208 g/mol. The van der Waals surface area contributed by atoms with E-state index in [1.54, 1.807) is 12.1 Å². The second kappa shape index (κ2) is 3.95. The van der Waals surface area contributed by atoms with Crippen LogP contribution in [0.5, 0.6) is 5.75 Å². The minimum Gasteiger partial charge on any atom is -0.508 e. The summed E-state index contributed by atoms with van der Waals surface area (Å²) < 4.78 is 0. The first-order chi connectivity index (χ1) is 7.18. The summed E-state index contributed by atoms with van der Waals surface area (Å²) in [4.78, 5) is 0. The molecule has 0 saturated heterocycles. The molecule has 2 aromatic carbocycles. The summed E-state index contributed by atoms with van der Waals surface area (Å²) in [5.74, 6) is 0.270. The van der Waals surface area contributed by atoms with Gasteiger partial charge in [0.15, 0.2) is 0 Å². The van der Waals surface area contributed by atoms with E-state index in [4.69, 9.17) is 11.6 Å². The van der Waals surface area contributed by atoms with Gasteiger partial charge in [-0.25, -0.2) is 0 Å². The van der Waals surface area contributed by atoms with Crippen molar-refractivity contribution in [2.45, 2.75) is 6.92 Å². The van der Waals surface area contributed by atoms with Gasteiger partial charge >= 0.3 is 0 Å². The maximum absolute atomic E-state index is 9.40. The Balaban J connectivity index is 2.59. The number of hydrogen-bond donors (Lipinski definition) is 1. The van der Waals surface area contributed by atoms with Crippen molar-refractivity contribution < 1.29 is 5.11 Å². The Hall–Kier alpha value is -1.47. The van der Waals surface area contributed by atoms with Crippen LogP contribution in [0, 0.1) is 6.92 Å². The van der Waals surface area contributed by atoms with Crippen molar-refractivity contribution in [1.82, 2.24) is 0 Å². The van der Waals surface area contributed by atoms with E-state index in [0.717, 1.165) is 21.7 Å². The van der Waals surface area contributed by atoms with Crippen molar-refractivity contribution in [3.63, 3.8) is 0 Å². The Kier molecular flexibility index (Phi) is 2.65. The molecule has 2 rings (SSSR count). The molecule has 0 spiro atoms. The van der Waals surface area contributed by atoms with Crippen LogP contribution in [-0.4, -0.2) is 5.11 Å². The van der Waals surface area contributed by atoms with E-state index in [9.17, 15) is 5.11 Å². The number of phenolic OH excluding ortho intramolecular Hbond substituents is 1. The topological polar surface area (TPSA) is 20.2 Å². The van der Waals surface area contributed by atoms with E-state index in [2.05, 4.69) is 0 Å². The molecule has 0 radical (unpaired) electrons. The molecule has 15 heavy (non-hydrogen) atoms. The van der Waals surface area contributed by atoms with E-state index < -0.39 is 0 Å². The molecular formula is C13H11ClO. The molecule has 0 amide bonds. The fourth-order valence-electron chi connectivity index (χ4n) is 1.59. The van der Waals surface area contributed by atoms with Gasteiger partial charge in [-0.1, -0.05) is 35.9 Å². The van der Waals surface area contributed by atoms with Crippen LogP contribution >= 0.6 is 11.6 Å². The molecule has 0 fully saturated rings. The molecule has 0 aliphatic heterocycles. The predicted molar refractivity (Wildman–Crippen MR) is 63.3 cm³/mol. The number of benzene rings is 2. The summed E-state index contributed by atoms with van der Waals surface area (Å²) >= 11 is 6.04. The predicted octanol–water partition coefficient (Wildman–Crippen LogP) is 4.02. The van der Waals surface area contributed by atoms with Crippen LogP contribution in [0.4, 0.5) is 0 Å². The van der Waals surface area contributed by atoms with E-state index in [1.807, 2.05) is 37.3 Å². The zero-order valence-corrected chi connectivity index (χ0v) is 9.12. The van der Waals surface area contributed by atoms with E-state index >= 15 is 0 Å². The molecule has 76 valence electrons. The second-order valence-electron chi connectivity index (χ2n) is 3.46. The lowest BCUT2D eigenvalue weighted by Gasteiger charge is -2.07. The van der Waals surface area contributed by atoms with E-state index in [0.29, 0.717) is 0 Å². The molecule has 1 nitrogen and oxygen atoms in total. The second-order valence-corrected chi connectivity index (χ2v) is 3.87. The van der Waals surface area contributed by atoms with Crippen molar-refractivity contribution in [2.24, 2.45) is 0 Å². The van der Waals surface area contributed by atoms with Gasteiger partial charge in [0.25, 0.3) is 0 Å². The summed E-state index contributed by atoms with van der Waals surface area (Å²) in [6, 6.07) is 12.9. The molecule has 2 heteroatoms. The molecule has 0 atom stereocenters. The van der Waals surface area contributed by atoms with Crippen molar-refractivity contribution >= 4 is 11.6 Å². The summed E-state index contributed by atoms with van der Waals surface area (Å²) in [7, 11) is 0. The highest BCUT2D eigenvalue weighted by molar-refractivity contribution is 6.31. The molecule has 0 bridgehead atoms. The summed E-state index contributed by atoms with van der Waals surface area (Å²) in [5, 5.41) is 10.1. The van der Waals surface area contributed by atoms with E-state index in [-0.39, 0.29) is 5.75 Å². The zero-order chi connectivity index (χ0) is 10.8. The van der Waals surface area contributed by atoms with Crippen LogP contribution in [0.3, 0.4) is 0 Å². The molecule has 0 aliphatic rings. The maximum Gasteiger partial charge on any atom is 0.116 e. The Morgan fingerprint density at radius 2 is 1.80 bits per heavy atom. The maximum atomic E-state index is 9.40. The minimum atomic E-state index is 0.270. The number of hydrogen-bond acceptors (Lipinski definition) is 1. The quantitative estimate of drug-likeness (QED) is 0.767.